The first-order valence-electron chi connectivity index (χ1n) is 11.6. The molecule has 0 bridgehead atoms. The summed E-state index contributed by atoms with van der Waals surface area (Å²) in [6.07, 6.45) is -0.268. The summed E-state index contributed by atoms with van der Waals surface area (Å²) < 4.78 is 7.41. The van der Waals surface area contributed by atoms with Crippen molar-refractivity contribution in [2.45, 2.75) is 52.7 Å². The maximum absolute atomic E-state index is 13.2. The van der Waals surface area contributed by atoms with Gasteiger partial charge in [0.2, 0.25) is 5.88 Å². The van der Waals surface area contributed by atoms with Crippen LogP contribution in [0.2, 0.25) is 0 Å². The number of carboxylic acid groups (broad SMARTS) is 1. The van der Waals surface area contributed by atoms with Crippen LogP contribution >= 0.6 is 0 Å². The number of amides is 1. The Morgan fingerprint density at radius 2 is 1.80 bits per heavy atom. The summed E-state index contributed by atoms with van der Waals surface area (Å²) in [4.78, 5) is 24.8. The number of aromatic nitrogens is 2. The molecule has 0 spiro atoms. The molecule has 0 radical (unpaired) electrons. The van der Waals surface area contributed by atoms with Crippen molar-refractivity contribution in [2.75, 3.05) is 6.61 Å². The highest BCUT2D eigenvalue weighted by atomic mass is 16.5. The second-order valence-electron chi connectivity index (χ2n) is 9.40. The molecule has 0 aliphatic heterocycles. The fraction of sp³-hybridized carbons (Fsp3) is 0.370. The zero-order chi connectivity index (χ0) is 25.8. The standard InChI is InChI=1S/C27H33N3O5/c1-17(2)27(5,34)16-35-24-14-23(29-30(24)20-9-7-6-8-10-20)26(33)28-22(15-25(31)32)21-12-11-18(3)13-19(21)4/h6-14,17,22,34H,15-16H2,1-5H3,(H,28,33)(H,31,32)/t22?,27-/m1/s1. The molecule has 8 heteroatoms. The topological polar surface area (TPSA) is 114 Å². The minimum absolute atomic E-state index is 0.00839. The normalized spacial score (nSPS) is 13.8. The largest absolute Gasteiger partial charge is 0.481 e. The summed E-state index contributed by atoms with van der Waals surface area (Å²) >= 11 is 0. The first kappa shape index (κ1) is 26.0. The van der Waals surface area contributed by atoms with Gasteiger partial charge in [0, 0.05) is 6.07 Å². The van der Waals surface area contributed by atoms with E-state index >= 15 is 0 Å². The molecule has 1 heterocycles. The third-order valence-corrected chi connectivity index (χ3v) is 6.15. The summed E-state index contributed by atoms with van der Waals surface area (Å²) in [6.45, 7) is 9.33. The molecule has 2 aromatic carbocycles. The predicted molar refractivity (Wildman–Crippen MR) is 133 cm³/mol. The van der Waals surface area contributed by atoms with E-state index in [1.165, 1.54) is 10.7 Å². The van der Waals surface area contributed by atoms with Crippen LogP contribution in [0.5, 0.6) is 5.88 Å². The van der Waals surface area contributed by atoms with E-state index in [0.717, 1.165) is 16.7 Å². The lowest BCUT2D eigenvalue weighted by atomic mass is 9.94. The summed E-state index contributed by atoms with van der Waals surface area (Å²) in [5, 5.41) is 27.3. The Morgan fingerprint density at radius 3 is 2.40 bits per heavy atom. The van der Waals surface area contributed by atoms with Crippen molar-refractivity contribution in [2.24, 2.45) is 5.92 Å². The third kappa shape index (κ3) is 6.48. The molecule has 0 saturated heterocycles. The number of benzene rings is 2. The van der Waals surface area contributed by atoms with Gasteiger partial charge in [0.15, 0.2) is 5.69 Å². The first-order valence-corrected chi connectivity index (χ1v) is 11.6. The van der Waals surface area contributed by atoms with E-state index in [1.54, 1.807) is 6.92 Å². The number of rotatable bonds is 10. The monoisotopic (exact) mass is 479 g/mol. The van der Waals surface area contributed by atoms with Crippen molar-refractivity contribution in [1.82, 2.24) is 15.1 Å². The van der Waals surface area contributed by atoms with Gasteiger partial charge in [-0.15, -0.1) is 0 Å². The summed E-state index contributed by atoms with van der Waals surface area (Å²) in [5.74, 6) is -1.30. The fourth-order valence-electron chi connectivity index (χ4n) is 3.58. The molecule has 2 atom stereocenters. The number of aliphatic carboxylic acids is 1. The zero-order valence-corrected chi connectivity index (χ0v) is 20.8. The van der Waals surface area contributed by atoms with Gasteiger partial charge in [-0.2, -0.15) is 5.10 Å². The Morgan fingerprint density at radius 1 is 1.11 bits per heavy atom. The number of carbonyl (C=O) groups excluding carboxylic acids is 1. The van der Waals surface area contributed by atoms with Crippen LogP contribution in [-0.4, -0.2) is 44.1 Å². The minimum atomic E-state index is -1.08. The van der Waals surface area contributed by atoms with Gasteiger partial charge < -0.3 is 20.3 Å². The molecular weight excluding hydrogens is 446 g/mol. The number of hydrogen-bond donors (Lipinski definition) is 3. The van der Waals surface area contributed by atoms with E-state index in [9.17, 15) is 19.8 Å². The minimum Gasteiger partial charge on any atom is -0.481 e. The van der Waals surface area contributed by atoms with Gasteiger partial charge in [0.25, 0.3) is 5.91 Å². The molecule has 35 heavy (non-hydrogen) atoms. The Labute approximate surface area is 205 Å². The smallest absolute Gasteiger partial charge is 0.305 e. The van der Waals surface area contributed by atoms with E-state index in [2.05, 4.69) is 10.4 Å². The molecule has 1 unspecified atom stereocenters. The molecule has 3 rings (SSSR count). The number of nitrogens with zero attached hydrogens (tertiary/aromatic N) is 2. The number of para-hydroxylation sites is 1. The van der Waals surface area contributed by atoms with Crippen molar-refractivity contribution < 1.29 is 24.5 Å². The average Bonchev–Trinajstić information content (AvgIpc) is 3.22. The van der Waals surface area contributed by atoms with E-state index in [1.807, 2.05) is 76.2 Å². The Balaban J connectivity index is 1.92. The third-order valence-electron chi connectivity index (χ3n) is 6.15. The highest BCUT2D eigenvalue weighted by Gasteiger charge is 2.28. The molecule has 0 saturated carbocycles. The van der Waals surface area contributed by atoms with E-state index in [-0.39, 0.29) is 24.6 Å². The molecule has 1 amide bonds. The molecule has 1 aromatic heterocycles. The van der Waals surface area contributed by atoms with Crippen LogP contribution < -0.4 is 10.1 Å². The lowest BCUT2D eigenvalue weighted by molar-refractivity contribution is -0.137. The van der Waals surface area contributed by atoms with Crippen LogP contribution in [0.3, 0.4) is 0 Å². The van der Waals surface area contributed by atoms with Gasteiger partial charge in [-0.3, -0.25) is 9.59 Å². The predicted octanol–water partition coefficient (Wildman–Crippen LogP) is 4.22. The second-order valence-corrected chi connectivity index (χ2v) is 9.40. The number of hydrogen-bond acceptors (Lipinski definition) is 5. The number of nitrogens with one attached hydrogen (secondary N) is 1. The van der Waals surface area contributed by atoms with Gasteiger partial charge >= 0.3 is 5.97 Å². The lowest BCUT2D eigenvalue weighted by Crippen LogP contribution is -2.38. The van der Waals surface area contributed by atoms with Gasteiger partial charge in [-0.25, -0.2) is 4.68 Å². The number of ether oxygens (including phenoxy) is 1. The summed E-state index contributed by atoms with van der Waals surface area (Å²) in [7, 11) is 0. The Kier molecular flexibility index (Phi) is 7.96. The number of aliphatic hydroxyl groups is 1. The first-order chi connectivity index (χ1) is 16.5. The molecule has 3 N–H and O–H groups in total. The molecule has 0 aliphatic carbocycles. The van der Waals surface area contributed by atoms with Crippen molar-refractivity contribution >= 4 is 11.9 Å². The summed E-state index contributed by atoms with van der Waals surface area (Å²) in [5.41, 5.74) is 2.36. The van der Waals surface area contributed by atoms with Crippen LogP contribution in [-0.2, 0) is 4.79 Å². The Hall–Kier alpha value is -3.65. The number of carbonyl (C=O) groups is 2. The van der Waals surface area contributed by atoms with Crippen molar-refractivity contribution in [3.05, 3.63) is 77.0 Å². The van der Waals surface area contributed by atoms with Crippen LogP contribution in [0.4, 0.5) is 0 Å². The highest BCUT2D eigenvalue weighted by Crippen LogP contribution is 2.25. The van der Waals surface area contributed by atoms with E-state index < -0.39 is 23.5 Å². The van der Waals surface area contributed by atoms with Gasteiger partial charge in [-0.05, 0) is 49.9 Å². The van der Waals surface area contributed by atoms with Gasteiger partial charge in [0.1, 0.15) is 6.61 Å². The molecule has 0 aliphatic rings. The van der Waals surface area contributed by atoms with Crippen LogP contribution in [0.25, 0.3) is 5.69 Å². The number of aryl methyl sites for hydroxylation is 2. The van der Waals surface area contributed by atoms with Crippen molar-refractivity contribution in [3.63, 3.8) is 0 Å². The quantitative estimate of drug-likeness (QED) is 0.401. The summed E-state index contributed by atoms with van der Waals surface area (Å²) in [6, 6.07) is 15.6. The molecular formula is C27H33N3O5. The molecule has 8 nitrogen and oxygen atoms in total. The second kappa shape index (κ2) is 10.7. The van der Waals surface area contributed by atoms with Crippen LogP contribution in [0.15, 0.2) is 54.6 Å². The zero-order valence-electron chi connectivity index (χ0n) is 20.8. The van der Waals surface area contributed by atoms with E-state index in [4.69, 9.17) is 4.74 Å². The Bertz CT molecular complexity index is 1180. The molecule has 3 aromatic rings. The average molecular weight is 480 g/mol. The van der Waals surface area contributed by atoms with Gasteiger partial charge in [-0.1, -0.05) is 55.8 Å². The van der Waals surface area contributed by atoms with Crippen molar-refractivity contribution in [1.29, 1.82) is 0 Å². The highest BCUT2D eigenvalue weighted by molar-refractivity contribution is 5.93. The SMILES string of the molecule is Cc1ccc(C(CC(=O)O)NC(=O)c2cc(OC[C@@](C)(O)C(C)C)n(-c3ccccc3)n2)c(C)c1. The maximum Gasteiger partial charge on any atom is 0.305 e. The molecule has 0 fully saturated rings. The van der Waals surface area contributed by atoms with Gasteiger partial charge in [0.05, 0.1) is 23.8 Å². The van der Waals surface area contributed by atoms with E-state index in [0.29, 0.717) is 11.6 Å². The molecule has 186 valence electrons. The van der Waals surface area contributed by atoms with Crippen LogP contribution in [0, 0.1) is 19.8 Å². The lowest BCUT2D eigenvalue weighted by Gasteiger charge is -2.27. The maximum atomic E-state index is 13.2. The van der Waals surface area contributed by atoms with Crippen molar-refractivity contribution in [3.8, 4) is 11.6 Å². The number of carboxylic acids is 1. The fourth-order valence-corrected chi connectivity index (χ4v) is 3.58. The van der Waals surface area contributed by atoms with Crippen LogP contribution in [0.1, 0.15) is 60.4 Å².